The first-order valence-electron chi connectivity index (χ1n) is 6.14. The summed E-state index contributed by atoms with van der Waals surface area (Å²) in [6.45, 7) is 4.43. The van der Waals surface area contributed by atoms with Crippen molar-refractivity contribution >= 4 is 0 Å². The Hall–Kier alpha value is -1.13. The van der Waals surface area contributed by atoms with Crippen molar-refractivity contribution < 1.29 is 10.2 Å². The molecule has 1 atom stereocenters. The number of aromatic nitrogens is 1. The highest BCUT2D eigenvalue weighted by atomic mass is 16.3. The third-order valence-corrected chi connectivity index (χ3v) is 3.53. The van der Waals surface area contributed by atoms with E-state index in [1.165, 1.54) is 12.8 Å². The Labute approximate surface area is 102 Å². The number of aliphatic hydroxyl groups excluding tert-OH is 1. The molecular weight excluding hydrogens is 216 g/mol. The van der Waals surface area contributed by atoms with E-state index < -0.39 is 0 Å². The lowest BCUT2D eigenvalue weighted by Gasteiger charge is -2.16. The van der Waals surface area contributed by atoms with E-state index in [-0.39, 0.29) is 12.4 Å². The molecule has 1 aromatic rings. The largest absolute Gasteiger partial charge is 0.506 e. The molecule has 17 heavy (non-hydrogen) atoms. The molecule has 1 aromatic heterocycles. The molecule has 1 aliphatic rings. The predicted molar refractivity (Wildman–Crippen MR) is 65.6 cm³/mol. The standard InChI is InChI=1S/C13H20N2O2/c1-8(10-3-4-10)15-6-12-11(7-16)5-14-9(2)13(12)17/h5,8,10,15-17H,3-4,6-7H2,1-2H3. The second-order valence-electron chi connectivity index (χ2n) is 4.86. The van der Waals surface area contributed by atoms with Crippen LogP contribution in [0.15, 0.2) is 6.20 Å². The number of hydrogen-bond acceptors (Lipinski definition) is 4. The van der Waals surface area contributed by atoms with E-state index >= 15 is 0 Å². The maximum absolute atomic E-state index is 9.96. The van der Waals surface area contributed by atoms with E-state index in [1.54, 1.807) is 13.1 Å². The molecule has 1 heterocycles. The van der Waals surface area contributed by atoms with E-state index in [2.05, 4.69) is 17.2 Å². The van der Waals surface area contributed by atoms with Gasteiger partial charge in [-0.1, -0.05) is 0 Å². The van der Waals surface area contributed by atoms with Gasteiger partial charge in [0.1, 0.15) is 5.75 Å². The molecule has 3 N–H and O–H groups in total. The van der Waals surface area contributed by atoms with Crippen LogP contribution in [0.3, 0.4) is 0 Å². The van der Waals surface area contributed by atoms with Crippen molar-refractivity contribution in [1.29, 1.82) is 0 Å². The summed E-state index contributed by atoms with van der Waals surface area (Å²) in [5.41, 5.74) is 2.08. The lowest BCUT2D eigenvalue weighted by atomic mass is 10.1. The molecule has 4 heteroatoms. The number of hydrogen-bond donors (Lipinski definition) is 3. The Morgan fingerprint density at radius 2 is 2.24 bits per heavy atom. The summed E-state index contributed by atoms with van der Waals surface area (Å²) in [6, 6.07) is 0.467. The van der Waals surface area contributed by atoms with Gasteiger partial charge < -0.3 is 15.5 Å². The van der Waals surface area contributed by atoms with Crippen LogP contribution in [-0.2, 0) is 13.2 Å². The Morgan fingerprint density at radius 3 is 2.82 bits per heavy atom. The second-order valence-corrected chi connectivity index (χ2v) is 4.86. The summed E-state index contributed by atoms with van der Waals surface area (Å²) in [7, 11) is 0. The first-order chi connectivity index (χ1) is 8.13. The number of aryl methyl sites for hydroxylation is 1. The minimum Gasteiger partial charge on any atom is -0.506 e. The minimum absolute atomic E-state index is 0.0876. The molecule has 1 saturated carbocycles. The SMILES string of the molecule is Cc1ncc(CO)c(CNC(C)C2CC2)c1O. The summed E-state index contributed by atoms with van der Waals surface area (Å²) in [5, 5.41) is 22.6. The topological polar surface area (TPSA) is 65.4 Å². The van der Waals surface area contributed by atoms with Gasteiger partial charge in [-0.05, 0) is 32.6 Å². The van der Waals surface area contributed by atoms with Gasteiger partial charge in [-0.2, -0.15) is 0 Å². The van der Waals surface area contributed by atoms with Gasteiger partial charge >= 0.3 is 0 Å². The van der Waals surface area contributed by atoms with Crippen LogP contribution in [0.4, 0.5) is 0 Å². The summed E-state index contributed by atoms with van der Waals surface area (Å²) in [4.78, 5) is 4.05. The summed E-state index contributed by atoms with van der Waals surface area (Å²) >= 11 is 0. The van der Waals surface area contributed by atoms with Crippen LogP contribution < -0.4 is 5.32 Å². The highest BCUT2D eigenvalue weighted by Crippen LogP contribution is 2.33. The van der Waals surface area contributed by atoms with Gasteiger partial charge in [0, 0.05) is 29.9 Å². The van der Waals surface area contributed by atoms with Crippen molar-refractivity contribution in [2.45, 2.75) is 45.9 Å². The van der Waals surface area contributed by atoms with E-state index in [0.29, 0.717) is 23.8 Å². The zero-order valence-corrected chi connectivity index (χ0v) is 10.4. The van der Waals surface area contributed by atoms with Crippen molar-refractivity contribution in [2.24, 2.45) is 5.92 Å². The fourth-order valence-electron chi connectivity index (χ4n) is 2.04. The lowest BCUT2D eigenvalue weighted by molar-refractivity contribution is 0.278. The molecule has 2 rings (SSSR count). The van der Waals surface area contributed by atoms with E-state index in [1.807, 2.05) is 0 Å². The number of rotatable bonds is 5. The molecule has 0 aromatic carbocycles. The zero-order chi connectivity index (χ0) is 12.4. The fraction of sp³-hybridized carbons (Fsp3) is 0.615. The molecule has 0 amide bonds. The molecular formula is C13H20N2O2. The summed E-state index contributed by atoms with van der Waals surface area (Å²) in [6.07, 6.45) is 4.22. The highest BCUT2D eigenvalue weighted by Gasteiger charge is 2.27. The Bertz CT molecular complexity index is 403. The van der Waals surface area contributed by atoms with Crippen LogP contribution in [-0.4, -0.2) is 21.2 Å². The molecule has 0 spiro atoms. The molecule has 0 radical (unpaired) electrons. The van der Waals surface area contributed by atoms with Gasteiger partial charge in [-0.3, -0.25) is 4.98 Å². The summed E-state index contributed by atoms with van der Waals surface area (Å²) < 4.78 is 0. The number of aliphatic hydroxyl groups is 1. The highest BCUT2D eigenvalue weighted by molar-refractivity contribution is 5.40. The molecule has 4 nitrogen and oxygen atoms in total. The zero-order valence-electron chi connectivity index (χ0n) is 10.4. The minimum atomic E-state index is -0.0876. The monoisotopic (exact) mass is 236 g/mol. The average molecular weight is 236 g/mol. The smallest absolute Gasteiger partial charge is 0.141 e. The first kappa shape index (κ1) is 12.3. The maximum Gasteiger partial charge on any atom is 0.141 e. The van der Waals surface area contributed by atoms with E-state index in [4.69, 9.17) is 0 Å². The number of nitrogens with one attached hydrogen (secondary N) is 1. The van der Waals surface area contributed by atoms with Gasteiger partial charge in [-0.25, -0.2) is 0 Å². The number of aromatic hydroxyl groups is 1. The molecule has 0 bridgehead atoms. The predicted octanol–water partition coefficient (Wildman–Crippen LogP) is 1.48. The molecule has 0 saturated heterocycles. The fourth-order valence-corrected chi connectivity index (χ4v) is 2.04. The maximum atomic E-state index is 9.96. The van der Waals surface area contributed by atoms with Crippen molar-refractivity contribution in [3.8, 4) is 5.75 Å². The van der Waals surface area contributed by atoms with E-state index in [9.17, 15) is 10.2 Å². The Morgan fingerprint density at radius 1 is 1.53 bits per heavy atom. The van der Waals surface area contributed by atoms with Crippen LogP contribution in [0.1, 0.15) is 36.6 Å². The number of nitrogens with zero attached hydrogens (tertiary/aromatic N) is 1. The quantitative estimate of drug-likeness (QED) is 0.724. The molecule has 1 aliphatic carbocycles. The average Bonchev–Trinajstić information content (AvgIpc) is 3.14. The van der Waals surface area contributed by atoms with Crippen LogP contribution in [0.25, 0.3) is 0 Å². The molecule has 94 valence electrons. The van der Waals surface area contributed by atoms with Gasteiger partial charge in [0.25, 0.3) is 0 Å². The number of pyridine rings is 1. The summed E-state index contributed by atoms with van der Waals surface area (Å²) in [5.74, 6) is 0.977. The van der Waals surface area contributed by atoms with Crippen molar-refractivity contribution in [2.75, 3.05) is 0 Å². The Kier molecular flexibility index (Phi) is 3.64. The van der Waals surface area contributed by atoms with Crippen LogP contribution >= 0.6 is 0 Å². The lowest BCUT2D eigenvalue weighted by Crippen LogP contribution is -2.27. The third-order valence-electron chi connectivity index (χ3n) is 3.53. The van der Waals surface area contributed by atoms with E-state index in [0.717, 1.165) is 11.5 Å². The van der Waals surface area contributed by atoms with Crippen LogP contribution in [0, 0.1) is 12.8 Å². The van der Waals surface area contributed by atoms with Crippen LogP contribution in [0.5, 0.6) is 5.75 Å². The van der Waals surface area contributed by atoms with Crippen molar-refractivity contribution in [3.63, 3.8) is 0 Å². The van der Waals surface area contributed by atoms with Crippen LogP contribution in [0.2, 0.25) is 0 Å². The molecule has 1 unspecified atom stereocenters. The van der Waals surface area contributed by atoms with Gasteiger partial charge in [0.15, 0.2) is 0 Å². The Balaban J connectivity index is 2.09. The van der Waals surface area contributed by atoms with Gasteiger partial charge in [-0.15, -0.1) is 0 Å². The van der Waals surface area contributed by atoms with Crippen molar-refractivity contribution in [3.05, 3.63) is 23.0 Å². The normalized spacial score (nSPS) is 17.1. The van der Waals surface area contributed by atoms with Gasteiger partial charge in [0.2, 0.25) is 0 Å². The third kappa shape index (κ3) is 2.76. The van der Waals surface area contributed by atoms with Crippen molar-refractivity contribution in [1.82, 2.24) is 10.3 Å². The van der Waals surface area contributed by atoms with Gasteiger partial charge in [0.05, 0.1) is 12.3 Å². The first-order valence-corrected chi connectivity index (χ1v) is 6.14. The molecule has 1 fully saturated rings. The molecule has 0 aliphatic heterocycles. The second kappa shape index (κ2) is 5.02.